The van der Waals surface area contributed by atoms with Crippen molar-refractivity contribution in [1.29, 1.82) is 0 Å². The lowest BCUT2D eigenvalue weighted by atomic mass is 9.96. The standard InChI is InChI=1S/C25H20N2O2S/c1-28-22-13-12-18(16-7-2-3-8-17(16)22)25-27-21(19-9-4-5-10-23(19)29-25)15-20(26-27)24-11-6-14-30-24/h2-14,21,25H,15H2,1H3/t21-,25-/m1/s1. The van der Waals surface area contributed by atoms with E-state index in [4.69, 9.17) is 14.6 Å². The maximum Gasteiger partial charge on any atom is 0.214 e. The summed E-state index contributed by atoms with van der Waals surface area (Å²) in [4.78, 5) is 1.22. The van der Waals surface area contributed by atoms with Crippen LogP contribution >= 0.6 is 11.3 Å². The lowest BCUT2D eigenvalue weighted by Crippen LogP contribution is -2.33. The van der Waals surface area contributed by atoms with Crippen molar-refractivity contribution in [2.24, 2.45) is 5.10 Å². The van der Waals surface area contributed by atoms with Crippen molar-refractivity contribution >= 4 is 27.8 Å². The summed E-state index contributed by atoms with van der Waals surface area (Å²) in [5.41, 5.74) is 3.42. The minimum atomic E-state index is -0.293. The molecule has 2 aliphatic rings. The molecule has 6 rings (SSSR count). The third kappa shape index (κ3) is 2.62. The Hall–Kier alpha value is -3.31. The molecule has 0 unspecified atom stereocenters. The molecule has 2 atom stereocenters. The van der Waals surface area contributed by atoms with Crippen molar-refractivity contribution in [3.8, 4) is 11.5 Å². The maximum absolute atomic E-state index is 6.56. The van der Waals surface area contributed by atoms with Crippen molar-refractivity contribution in [3.63, 3.8) is 0 Å². The van der Waals surface area contributed by atoms with Gasteiger partial charge in [0.25, 0.3) is 0 Å². The Balaban J connectivity index is 1.53. The van der Waals surface area contributed by atoms with Crippen LogP contribution in [0, 0.1) is 0 Å². The molecule has 148 valence electrons. The first-order valence-corrected chi connectivity index (χ1v) is 10.9. The Morgan fingerprint density at radius 3 is 2.60 bits per heavy atom. The van der Waals surface area contributed by atoms with E-state index in [2.05, 4.69) is 65.0 Å². The number of para-hydroxylation sites is 1. The molecule has 0 saturated carbocycles. The molecule has 0 spiro atoms. The number of thiophene rings is 1. The number of benzene rings is 3. The molecule has 0 N–H and O–H groups in total. The minimum absolute atomic E-state index is 0.165. The summed E-state index contributed by atoms with van der Waals surface area (Å²) < 4.78 is 12.2. The lowest BCUT2D eigenvalue weighted by molar-refractivity contribution is -0.0180. The van der Waals surface area contributed by atoms with Crippen LogP contribution in [0.15, 0.2) is 83.3 Å². The highest BCUT2D eigenvalue weighted by Crippen LogP contribution is 2.49. The van der Waals surface area contributed by atoms with Crippen LogP contribution in [0.3, 0.4) is 0 Å². The summed E-state index contributed by atoms with van der Waals surface area (Å²) in [6.07, 6.45) is 0.587. The van der Waals surface area contributed by atoms with Gasteiger partial charge in [0.05, 0.1) is 23.7 Å². The monoisotopic (exact) mass is 412 g/mol. The van der Waals surface area contributed by atoms with Gasteiger partial charge in [0.2, 0.25) is 6.23 Å². The molecule has 3 heterocycles. The van der Waals surface area contributed by atoms with Crippen molar-refractivity contribution in [3.05, 3.63) is 94.2 Å². The molecule has 0 bridgehead atoms. The smallest absolute Gasteiger partial charge is 0.214 e. The van der Waals surface area contributed by atoms with E-state index in [1.165, 1.54) is 10.4 Å². The Kier molecular flexibility index (Phi) is 4.03. The van der Waals surface area contributed by atoms with E-state index in [0.717, 1.165) is 40.0 Å². The van der Waals surface area contributed by atoms with E-state index < -0.39 is 0 Å². The third-order valence-electron chi connectivity index (χ3n) is 5.91. The van der Waals surface area contributed by atoms with Crippen LogP contribution in [0.2, 0.25) is 0 Å². The number of fused-ring (bicyclic) bond motifs is 4. The highest BCUT2D eigenvalue weighted by molar-refractivity contribution is 7.12. The fraction of sp³-hybridized carbons (Fsp3) is 0.160. The van der Waals surface area contributed by atoms with Gasteiger partial charge in [-0.1, -0.05) is 48.5 Å². The number of ether oxygens (including phenoxy) is 2. The zero-order valence-electron chi connectivity index (χ0n) is 16.5. The fourth-order valence-corrected chi connectivity index (χ4v) is 5.24. The van der Waals surface area contributed by atoms with Gasteiger partial charge < -0.3 is 9.47 Å². The molecule has 0 aliphatic carbocycles. The van der Waals surface area contributed by atoms with Gasteiger partial charge in [-0.05, 0) is 35.0 Å². The SMILES string of the molecule is COc1ccc([C@H]2Oc3ccccc3[C@H]3CC(c4cccs4)=NN32)c2ccccc12. The van der Waals surface area contributed by atoms with Crippen molar-refractivity contribution in [2.75, 3.05) is 7.11 Å². The van der Waals surface area contributed by atoms with Crippen LogP contribution in [0.1, 0.15) is 34.7 Å². The maximum atomic E-state index is 6.56. The predicted molar refractivity (Wildman–Crippen MR) is 120 cm³/mol. The first kappa shape index (κ1) is 17.5. The van der Waals surface area contributed by atoms with Gasteiger partial charge in [0.15, 0.2) is 0 Å². The molecule has 4 aromatic rings. The highest BCUT2D eigenvalue weighted by Gasteiger charge is 2.41. The van der Waals surface area contributed by atoms with Crippen LogP contribution in [-0.4, -0.2) is 17.8 Å². The number of hydrogen-bond donors (Lipinski definition) is 0. The topological polar surface area (TPSA) is 34.1 Å². The number of rotatable bonds is 3. The number of hydrogen-bond acceptors (Lipinski definition) is 5. The quantitative estimate of drug-likeness (QED) is 0.405. The van der Waals surface area contributed by atoms with E-state index in [1.54, 1.807) is 18.4 Å². The van der Waals surface area contributed by atoms with Crippen molar-refractivity contribution < 1.29 is 9.47 Å². The molecule has 4 nitrogen and oxygen atoms in total. The Morgan fingerprint density at radius 1 is 0.933 bits per heavy atom. The predicted octanol–water partition coefficient (Wildman–Crippen LogP) is 6.15. The summed E-state index contributed by atoms with van der Waals surface area (Å²) >= 11 is 1.74. The van der Waals surface area contributed by atoms with Crippen LogP contribution in [0.5, 0.6) is 11.5 Å². The van der Waals surface area contributed by atoms with Gasteiger partial charge in [-0.25, -0.2) is 5.01 Å². The van der Waals surface area contributed by atoms with Gasteiger partial charge in [0, 0.05) is 22.9 Å². The first-order valence-electron chi connectivity index (χ1n) is 10.0. The van der Waals surface area contributed by atoms with Gasteiger partial charge in [0.1, 0.15) is 11.5 Å². The Labute approximate surface area is 179 Å². The fourth-order valence-electron chi connectivity index (χ4n) is 4.52. The number of methoxy groups -OCH3 is 1. The van der Waals surface area contributed by atoms with Gasteiger partial charge in [-0.3, -0.25) is 0 Å². The summed E-state index contributed by atoms with van der Waals surface area (Å²) in [5, 5.41) is 11.5. The van der Waals surface area contributed by atoms with Gasteiger partial charge in [-0.15, -0.1) is 11.3 Å². The van der Waals surface area contributed by atoms with E-state index >= 15 is 0 Å². The van der Waals surface area contributed by atoms with Crippen LogP contribution in [-0.2, 0) is 0 Å². The molecule has 0 radical (unpaired) electrons. The second-order valence-corrected chi connectivity index (χ2v) is 8.48. The Morgan fingerprint density at radius 2 is 1.77 bits per heavy atom. The van der Waals surface area contributed by atoms with E-state index in [-0.39, 0.29) is 12.3 Å². The third-order valence-corrected chi connectivity index (χ3v) is 6.83. The molecule has 1 aromatic heterocycles. The molecular weight excluding hydrogens is 392 g/mol. The molecule has 0 fully saturated rings. The van der Waals surface area contributed by atoms with Gasteiger partial charge in [-0.2, -0.15) is 5.10 Å². The largest absolute Gasteiger partial charge is 0.496 e. The lowest BCUT2D eigenvalue weighted by Gasteiger charge is -2.38. The van der Waals surface area contributed by atoms with Crippen molar-refractivity contribution in [2.45, 2.75) is 18.7 Å². The molecule has 0 amide bonds. The van der Waals surface area contributed by atoms with E-state index in [9.17, 15) is 0 Å². The van der Waals surface area contributed by atoms with Gasteiger partial charge >= 0.3 is 0 Å². The van der Waals surface area contributed by atoms with E-state index in [1.807, 2.05) is 18.2 Å². The summed E-state index contributed by atoms with van der Waals surface area (Å²) in [6, 6.07) is 25.2. The zero-order chi connectivity index (χ0) is 20.1. The first-order chi connectivity index (χ1) is 14.8. The normalized spacial score (nSPS) is 19.8. The second kappa shape index (κ2) is 6.89. The molecule has 3 aromatic carbocycles. The number of nitrogens with zero attached hydrogens (tertiary/aromatic N) is 2. The van der Waals surface area contributed by atoms with Crippen LogP contribution in [0.4, 0.5) is 0 Å². The highest BCUT2D eigenvalue weighted by atomic mass is 32.1. The van der Waals surface area contributed by atoms with Crippen LogP contribution < -0.4 is 9.47 Å². The molecule has 5 heteroatoms. The molecular formula is C25H20N2O2S. The van der Waals surface area contributed by atoms with E-state index in [0.29, 0.717) is 0 Å². The number of hydrazone groups is 1. The molecule has 0 saturated heterocycles. The summed E-state index contributed by atoms with van der Waals surface area (Å²) in [6.45, 7) is 0. The minimum Gasteiger partial charge on any atom is -0.496 e. The average molecular weight is 413 g/mol. The Bertz CT molecular complexity index is 1270. The second-order valence-electron chi connectivity index (χ2n) is 7.53. The molecule has 30 heavy (non-hydrogen) atoms. The van der Waals surface area contributed by atoms with Crippen molar-refractivity contribution in [1.82, 2.24) is 5.01 Å². The average Bonchev–Trinajstić information content (AvgIpc) is 3.48. The van der Waals surface area contributed by atoms with Crippen LogP contribution in [0.25, 0.3) is 10.8 Å². The molecule has 2 aliphatic heterocycles. The summed E-state index contributed by atoms with van der Waals surface area (Å²) in [5.74, 6) is 1.80. The zero-order valence-corrected chi connectivity index (χ0v) is 17.3. The summed E-state index contributed by atoms with van der Waals surface area (Å²) in [7, 11) is 1.71.